The summed E-state index contributed by atoms with van der Waals surface area (Å²) in [6.07, 6.45) is 3.58. The van der Waals surface area contributed by atoms with Gasteiger partial charge in [0, 0.05) is 30.2 Å². The van der Waals surface area contributed by atoms with Gasteiger partial charge >= 0.3 is 6.03 Å². The predicted octanol–water partition coefficient (Wildman–Crippen LogP) is 2.29. The lowest BCUT2D eigenvalue weighted by molar-refractivity contribution is 0.0951. The van der Waals surface area contributed by atoms with Crippen LogP contribution in [-0.2, 0) is 6.54 Å². The maximum absolute atomic E-state index is 12.2. The number of nitrogens with two attached hydrogens (primary N) is 1. The topological polar surface area (TPSA) is 102 Å². The highest BCUT2D eigenvalue weighted by atomic mass is 16.2. The third-order valence-corrected chi connectivity index (χ3v) is 3.55. The van der Waals surface area contributed by atoms with Crippen molar-refractivity contribution in [1.82, 2.24) is 15.1 Å². The van der Waals surface area contributed by atoms with Gasteiger partial charge in [0.15, 0.2) is 0 Å². The smallest absolute Gasteiger partial charge is 0.316 e. The molecule has 0 atom stereocenters. The molecule has 2 aromatic carbocycles. The second-order valence-electron chi connectivity index (χ2n) is 5.37. The van der Waals surface area contributed by atoms with Crippen molar-refractivity contribution in [3.8, 4) is 5.69 Å². The Morgan fingerprint density at radius 1 is 1.08 bits per heavy atom. The Hall–Kier alpha value is -3.61. The normalized spacial score (nSPS) is 10.2. The van der Waals surface area contributed by atoms with E-state index >= 15 is 0 Å². The quantitative estimate of drug-likeness (QED) is 0.666. The van der Waals surface area contributed by atoms with Crippen molar-refractivity contribution in [2.45, 2.75) is 6.54 Å². The minimum atomic E-state index is -0.671. The largest absolute Gasteiger partial charge is 0.351 e. The molecule has 0 fully saturated rings. The molecule has 3 aromatic rings. The summed E-state index contributed by atoms with van der Waals surface area (Å²) in [7, 11) is 0. The van der Waals surface area contributed by atoms with Gasteiger partial charge in [-0.1, -0.05) is 18.2 Å². The van der Waals surface area contributed by atoms with Gasteiger partial charge in [-0.15, -0.1) is 0 Å². The summed E-state index contributed by atoms with van der Waals surface area (Å²) in [5.74, 6) is -0.232. The second kappa shape index (κ2) is 7.31. The number of aromatic nitrogens is 2. The summed E-state index contributed by atoms with van der Waals surface area (Å²) in [4.78, 5) is 23.1. The molecule has 25 heavy (non-hydrogen) atoms. The van der Waals surface area contributed by atoms with Crippen molar-refractivity contribution in [2.24, 2.45) is 5.73 Å². The lowest BCUT2D eigenvalue weighted by atomic mass is 10.1. The number of nitrogens with one attached hydrogen (secondary N) is 2. The number of urea groups is 1. The third kappa shape index (κ3) is 4.23. The van der Waals surface area contributed by atoms with E-state index in [1.165, 1.54) is 0 Å². The summed E-state index contributed by atoms with van der Waals surface area (Å²) in [6, 6.07) is 15.5. The number of amides is 3. The van der Waals surface area contributed by atoms with Crippen molar-refractivity contribution in [2.75, 3.05) is 5.32 Å². The van der Waals surface area contributed by atoms with E-state index in [1.54, 1.807) is 35.1 Å². The molecular formula is C18H17N5O2. The van der Waals surface area contributed by atoms with Crippen LogP contribution in [0.2, 0.25) is 0 Å². The molecule has 0 spiro atoms. The first kappa shape index (κ1) is 16.3. The molecule has 0 aliphatic rings. The maximum Gasteiger partial charge on any atom is 0.316 e. The maximum atomic E-state index is 12.2. The Balaban J connectivity index is 1.61. The van der Waals surface area contributed by atoms with Crippen LogP contribution >= 0.6 is 0 Å². The minimum absolute atomic E-state index is 0.232. The zero-order chi connectivity index (χ0) is 17.6. The molecule has 0 radical (unpaired) electrons. The first-order valence-electron chi connectivity index (χ1n) is 7.65. The standard InChI is InChI=1S/C18H17N5O2/c19-18(25)22-15-4-1-3-14(11-15)17(24)20-12-13-5-7-16(8-6-13)23-10-2-9-21-23/h1-11H,12H2,(H,20,24)(H3,19,22,25). The average Bonchev–Trinajstić information content (AvgIpc) is 3.14. The van der Waals surface area contributed by atoms with Crippen LogP contribution in [0.1, 0.15) is 15.9 Å². The Morgan fingerprint density at radius 2 is 1.88 bits per heavy atom. The number of carbonyl (C=O) groups is 2. The van der Waals surface area contributed by atoms with Crippen LogP contribution in [-0.4, -0.2) is 21.7 Å². The van der Waals surface area contributed by atoms with E-state index in [0.29, 0.717) is 17.8 Å². The van der Waals surface area contributed by atoms with E-state index in [0.717, 1.165) is 11.3 Å². The SMILES string of the molecule is NC(=O)Nc1cccc(C(=O)NCc2ccc(-n3cccn3)cc2)c1. The van der Waals surface area contributed by atoms with Gasteiger partial charge in [0.2, 0.25) is 0 Å². The van der Waals surface area contributed by atoms with E-state index in [4.69, 9.17) is 5.73 Å². The van der Waals surface area contributed by atoms with E-state index in [9.17, 15) is 9.59 Å². The zero-order valence-corrected chi connectivity index (χ0v) is 13.3. The summed E-state index contributed by atoms with van der Waals surface area (Å²) in [5.41, 5.74) is 7.91. The molecule has 0 bridgehead atoms. The van der Waals surface area contributed by atoms with Crippen molar-refractivity contribution < 1.29 is 9.59 Å². The number of rotatable bonds is 5. The fourth-order valence-electron chi connectivity index (χ4n) is 2.35. The molecule has 0 saturated carbocycles. The minimum Gasteiger partial charge on any atom is -0.351 e. The molecule has 0 aliphatic heterocycles. The Labute approximate surface area is 144 Å². The van der Waals surface area contributed by atoms with Crippen LogP contribution in [0, 0.1) is 0 Å². The highest BCUT2D eigenvalue weighted by molar-refractivity contribution is 5.96. The van der Waals surface area contributed by atoms with E-state index in [1.807, 2.05) is 36.5 Å². The Morgan fingerprint density at radius 3 is 2.56 bits per heavy atom. The van der Waals surface area contributed by atoms with Gasteiger partial charge in [-0.05, 0) is 42.0 Å². The van der Waals surface area contributed by atoms with Gasteiger partial charge in [-0.2, -0.15) is 5.10 Å². The first-order valence-corrected chi connectivity index (χ1v) is 7.65. The van der Waals surface area contributed by atoms with Gasteiger partial charge in [-0.3, -0.25) is 4.79 Å². The van der Waals surface area contributed by atoms with Gasteiger partial charge in [0.05, 0.1) is 5.69 Å². The second-order valence-corrected chi connectivity index (χ2v) is 5.37. The highest BCUT2D eigenvalue weighted by Gasteiger charge is 2.07. The van der Waals surface area contributed by atoms with Crippen molar-refractivity contribution in [1.29, 1.82) is 0 Å². The monoisotopic (exact) mass is 335 g/mol. The van der Waals surface area contributed by atoms with Crippen LogP contribution in [0.4, 0.5) is 10.5 Å². The zero-order valence-electron chi connectivity index (χ0n) is 13.3. The van der Waals surface area contributed by atoms with Gasteiger partial charge in [0.25, 0.3) is 5.91 Å². The molecule has 0 saturated heterocycles. The number of hydrogen-bond acceptors (Lipinski definition) is 3. The van der Waals surface area contributed by atoms with Gasteiger partial charge in [0.1, 0.15) is 0 Å². The molecule has 0 aliphatic carbocycles. The summed E-state index contributed by atoms with van der Waals surface area (Å²) in [5, 5.41) is 9.46. The van der Waals surface area contributed by atoms with Crippen molar-refractivity contribution >= 4 is 17.6 Å². The van der Waals surface area contributed by atoms with Crippen LogP contribution in [0.25, 0.3) is 5.69 Å². The first-order chi connectivity index (χ1) is 12.1. The molecule has 3 amide bonds. The predicted molar refractivity (Wildman–Crippen MR) is 94.4 cm³/mol. The Kier molecular flexibility index (Phi) is 4.75. The van der Waals surface area contributed by atoms with Gasteiger partial charge < -0.3 is 16.4 Å². The molecule has 1 aromatic heterocycles. The number of nitrogens with zero attached hydrogens (tertiary/aromatic N) is 2. The van der Waals surface area contributed by atoms with Crippen LogP contribution in [0.15, 0.2) is 67.0 Å². The lowest BCUT2D eigenvalue weighted by Crippen LogP contribution is -2.23. The number of carbonyl (C=O) groups excluding carboxylic acids is 2. The van der Waals surface area contributed by atoms with E-state index < -0.39 is 6.03 Å². The molecule has 126 valence electrons. The summed E-state index contributed by atoms with van der Waals surface area (Å²) < 4.78 is 1.76. The average molecular weight is 335 g/mol. The van der Waals surface area contributed by atoms with E-state index in [2.05, 4.69) is 15.7 Å². The summed E-state index contributed by atoms with van der Waals surface area (Å²) in [6.45, 7) is 0.395. The number of hydrogen-bond donors (Lipinski definition) is 3. The molecule has 3 rings (SSSR count). The lowest BCUT2D eigenvalue weighted by Gasteiger charge is -2.08. The fraction of sp³-hybridized carbons (Fsp3) is 0.0556. The molecule has 7 nitrogen and oxygen atoms in total. The van der Waals surface area contributed by atoms with Crippen molar-refractivity contribution in [3.05, 3.63) is 78.1 Å². The van der Waals surface area contributed by atoms with Crippen LogP contribution in [0.3, 0.4) is 0 Å². The van der Waals surface area contributed by atoms with E-state index in [-0.39, 0.29) is 5.91 Å². The number of benzene rings is 2. The van der Waals surface area contributed by atoms with Crippen LogP contribution in [0.5, 0.6) is 0 Å². The molecule has 1 heterocycles. The molecule has 7 heteroatoms. The van der Waals surface area contributed by atoms with Crippen molar-refractivity contribution in [3.63, 3.8) is 0 Å². The number of anilines is 1. The number of primary amides is 1. The highest BCUT2D eigenvalue weighted by Crippen LogP contribution is 2.11. The molecule has 4 N–H and O–H groups in total. The molecular weight excluding hydrogens is 318 g/mol. The van der Waals surface area contributed by atoms with Crippen LogP contribution < -0.4 is 16.4 Å². The summed E-state index contributed by atoms with van der Waals surface area (Å²) >= 11 is 0. The third-order valence-electron chi connectivity index (χ3n) is 3.55. The Bertz CT molecular complexity index is 873. The molecule has 0 unspecified atom stereocenters. The fourth-order valence-corrected chi connectivity index (χ4v) is 2.35. The van der Waals surface area contributed by atoms with Gasteiger partial charge in [-0.25, -0.2) is 9.48 Å².